The second-order valence-corrected chi connectivity index (χ2v) is 5.64. The van der Waals surface area contributed by atoms with Crippen LogP contribution in [0.5, 0.6) is 11.5 Å². The second kappa shape index (κ2) is 10.3. The van der Waals surface area contributed by atoms with Gasteiger partial charge in [0.25, 0.3) is 0 Å². The molecule has 0 aliphatic rings. The average Bonchev–Trinajstić information content (AvgIpc) is 2.51. The molecule has 0 aliphatic heterocycles. The molecule has 0 aliphatic carbocycles. The monoisotopic (exact) mass is 357 g/mol. The number of ether oxygens (including phenoxy) is 2. The molecule has 0 fully saturated rings. The van der Waals surface area contributed by atoms with Crippen LogP contribution in [0.15, 0.2) is 17.2 Å². The van der Waals surface area contributed by atoms with Gasteiger partial charge in [-0.15, -0.1) is 0 Å². The zero-order valence-electron chi connectivity index (χ0n) is 14.0. The van der Waals surface area contributed by atoms with E-state index in [1.54, 1.807) is 12.3 Å². The molecule has 1 aromatic carbocycles. The average molecular weight is 358 g/mol. The number of hydrogen-bond acceptors (Lipinski definition) is 4. The molecular formula is C16H24ClN3O2S. The van der Waals surface area contributed by atoms with E-state index in [2.05, 4.69) is 22.8 Å². The quantitative estimate of drug-likeness (QED) is 0.422. The Hall–Kier alpha value is -1.53. The maximum Gasteiger partial charge on any atom is 0.186 e. The molecule has 0 saturated carbocycles. The molecule has 5 nitrogen and oxygen atoms in total. The Morgan fingerprint density at radius 3 is 2.74 bits per heavy atom. The maximum atomic E-state index is 6.34. The molecule has 1 aromatic rings. The standard InChI is InChI=1S/C16H24ClN3O2S/c1-5-11(4)22-15-13(17)8-12(9-14(15)21-7-3)10-19-20-16(23)18-6-2/h8-11H,5-7H2,1-4H3,(H2,18,20,23)/b19-10-/t11-/m1/s1. The summed E-state index contributed by atoms with van der Waals surface area (Å²) in [5.74, 6) is 1.17. The van der Waals surface area contributed by atoms with E-state index >= 15 is 0 Å². The van der Waals surface area contributed by atoms with Crippen molar-refractivity contribution >= 4 is 35.1 Å². The van der Waals surface area contributed by atoms with Gasteiger partial charge >= 0.3 is 0 Å². The summed E-state index contributed by atoms with van der Waals surface area (Å²) in [6.07, 6.45) is 2.58. The normalized spacial score (nSPS) is 12.0. The Bertz CT molecular complexity index is 552. The summed E-state index contributed by atoms with van der Waals surface area (Å²) in [7, 11) is 0. The fourth-order valence-electron chi connectivity index (χ4n) is 1.69. The van der Waals surface area contributed by atoms with E-state index < -0.39 is 0 Å². The molecule has 128 valence electrons. The number of hydrogen-bond donors (Lipinski definition) is 2. The molecule has 0 amide bonds. The second-order valence-electron chi connectivity index (χ2n) is 4.83. The van der Waals surface area contributed by atoms with Gasteiger partial charge in [0.1, 0.15) is 0 Å². The predicted molar refractivity (Wildman–Crippen MR) is 100 cm³/mol. The fourth-order valence-corrected chi connectivity index (χ4v) is 2.15. The summed E-state index contributed by atoms with van der Waals surface area (Å²) in [5.41, 5.74) is 3.53. The van der Waals surface area contributed by atoms with Gasteiger partial charge in [0.05, 0.1) is 23.9 Å². The molecule has 0 aromatic heterocycles. The van der Waals surface area contributed by atoms with E-state index in [1.807, 2.05) is 26.8 Å². The van der Waals surface area contributed by atoms with Crippen LogP contribution >= 0.6 is 23.8 Å². The van der Waals surface area contributed by atoms with Crippen LogP contribution in [0.3, 0.4) is 0 Å². The van der Waals surface area contributed by atoms with Crippen LogP contribution in [0.1, 0.15) is 39.7 Å². The van der Waals surface area contributed by atoms with Crippen molar-refractivity contribution in [1.29, 1.82) is 0 Å². The number of rotatable bonds is 8. The Labute approximate surface area is 148 Å². The van der Waals surface area contributed by atoms with Gasteiger partial charge in [0.15, 0.2) is 16.6 Å². The lowest BCUT2D eigenvalue weighted by molar-refractivity contribution is 0.203. The molecule has 1 rings (SSSR count). The number of benzene rings is 1. The summed E-state index contributed by atoms with van der Waals surface area (Å²) in [6.45, 7) is 9.19. The van der Waals surface area contributed by atoms with Crippen molar-refractivity contribution in [3.8, 4) is 11.5 Å². The van der Waals surface area contributed by atoms with Crippen LogP contribution in [0, 0.1) is 0 Å². The number of thiocarbonyl (C=S) groups is 1. The van der Waals surface area contributed by atoms with Crippen molar-refractivity contribution in [2.45, 2.75) is 40.2 Å². The zero-order chi connectivity index (χ0) is 17.2. The fraction of sp³-hybridized carbons (Fsp3) is 0.500. The van der Waals surface area contributed by atoms with Crippen molar-refractivity contribution in [2.75, 3.05) is 13.2 Å². The van der Waals surface area contributed by atoms with Crippen molar-refractivity contribution < 1.29 is 9.47 Å². The third-order valence-corrected chi connectivity index (χ3v) is 3.46. The van der Waals surface area contributed by atoms with Crippen LogP contribution in [0.25, 0.3) is 0 Å². The first-order chi connectivity index (χ1) is 11.0. The highest BCUT2D eigenvalue weighted by Crippen LogP contribution is 2.37. The van der Waals surface area contributed by atoms with Crippen molar-refractivity contribution in [3.63, 3.8) is 0 Å². The summed E-state index contributed by atoms with van der Waals surface area (Å²) in [4.78, 5) is 0. The van der Waals surface area contributed by atoms with Crippen molar-refractivity contribution in [3.05, 3.63) is 22.7 Å². The first kappa shape index (κ1) is 19.5. The molecule has 1 atom stereocenters. The van der Waals surface area contributed by atoms with E-state index in [9.17, 15) is 0 Å². The lowest BCUT2D eigenvalue weighted by atomic mass is 10.2. The minimum atomic E-state index is 0.0605. The largest absolute Gasteiger partial charge is 0.490 e. The lowest BCUT2D eigenvalue weighted by Crippen LogP contribution is -2.31. The van der Waals surface area contributed by atoms with Crippen LogP contribution in [-0.4, -0.2) is 30.6 Å². The minimum absolute atomic E-state index is 0.0605. The van der Waals surface area contributed by atoms with Crippen LogP contribution in [0.2, 0.25) is 5.02 Å². The topological polar surface area (TPSA) is 54.9 Å². The van der Waals surface area contributed by atoms with Gasteiger partial charge in [0.2, 0.25) is 0 Å². The summed E-state index contributed by atoms with van der Waals surface area (Å²) >= 11 is 11.4. The van der Waals surface area contributed by atoms with Crippen LogP contribution in [0.4, 0.5) is 0 Å². The number of nitrogens with zero attached hydrogens (tertiary/aromatic N) is 1. The van der Waals surface area contributed by atoms with E-state index in [0.29, 0.717) is 28.2 Å². The summed E-state index contributed by atoms with van der Waals surface area (Å²) in [6, 6.07) is 3.62. The first-order valence-corrected chi connectivity index (χ1v) is 8.50. The first-order valence-electron chi connectivity index (χ1n) is 7.71. The molecule has 7 heteroatoms. The number of hydrazone groups is 1. The Balaban J connectivity index is 2.94. The molecule has 0 saturated heterocycles. The molecule has 0 bridgehead atoms. The highest BCUT2D eigenvalue weighted by atomic mass is 35.5. The van der Waals surface area contributed by atoms with Gasteiger partial charge in [-0.1, -0.05) is 18.5 Å². The molecule has 0 spiro atoms. The third-order valence-electron chi connectivity index (χ3n) is 2.94. The van der Waals surface area contributed by atoms with E-state index in [1.165, 1.54) is 0 Å². The zero-order valence-corrected chi connectivity index (χ0v) is 15.6. The van der Waals surface area contributed by atoms with Crippen LogP contribution in [-0.2, 0) is 0 Å². The van der Waals surface area contributed by atoms with E-state index in [4.69, 9.17) is 33.3 Å². The molecule has 2 N–H and O–H groups in total. The minimum Gasteiger partial charge on any atom is -0.490 e. The lowest BCUT2D eigenvalue weighted by Gasteiger charge is -2.18. The molecule has 0 radical (unpaired) electrons. The van der Waals surface area contributed by atoms with Crippen molar-refractivity contribution in [2.24, 2.45) is 5.10 Å². The highest BCUT2D eigenvalue weighted by Gasteiger charge is 2.14. The van der Waals surface area contributed by atoms with Gasteiger partial charge in [0, 0.05) is 6.54 Å². The van der Waals surface area contributed by atoms with Gasteiger partial charge in [-0.2, -0.15) is 5.10 Å². The van der Waals surface area contributed by atoms with Gasteiger partial charge in [-0.25, -0.2) is 0 Å². The maximum absolute atomic E-state index is 6.34. The predicted octanol–water partition coefficient (Wildman–Crippen LogP) is 3.73. The molecule has 23 heavy (non-hydrogen) atoms. The number of nitrogens with one attached hydrogen (secondary N) is 2. The van der Waals surface area contributed by atoms with Gasteiger partial charge in [-0.05, 0) is 57.1 Å². The Kier molecular flexibility index (Phi) is 8.73. The Morgan fingerprint density at radius 1 is 1.39 bits per heavy atom. The summed E-state index contributed by atoms with van der Waals surface area (Å²) in [5, 5.41) is 7.98. The van der Waals surface area contributed by atoms with E-state index in [-0.39, 0.29) is 6.10 Å². The summed E-state index contributed by atoms with van der Waals surface area (Å²) < 4.78 is 11.5. The van der Waals surface area contributed by atoms with Crippen molar-refractivity contribution in [1.82, 2.24) is 10.7 Å². The Morgan fingerprint density at radius 2 is 2.13 bits per heavy atom. The highest BCUT2D eigenvalue weighted by molar-refractivity contribution is 7.80. The molecule has 0 unspecified atom stereocenters. The number of halogens is 1. The van der Waals surface area contributed by atoms with Gasteiger partial charge in [-0.3, -0.25) is 5.43 Å². The smallest absolute Gasteiger partial charge is 0.186 e. The SMILES string of the molecule is CCNC(=S)N/N=C\c1cc(Cl)c(O[C@H](C)CC)c(OCC)c1. The molecule has 0 heterocycles. The van der Waals surface area contributed by atoms with Crippen LogP contribution < -0.4 is 20.2 Å². The van der Waals surface area contributed by atoms with Gasteiger partial charge < -0.3 is 14.8 Å². The molecular weight excluding hydrogens is 334 g/mol. The van der Waals surface area contributed by atoms with E-state index in [0.717, 1.165) is 18.5 Å². The third kappa shape index (κ3) is 6.62.